The Morgan fingerprint density at radius 3 is 2.53 bits per heavy atom. The minimum absolute atomic E-state index is 0.120. The number of hydrogen-bond donors (Lipinski definition) is 1. The molecule has 4 rings (SSSR count). The zero-order valence-electron chi connectivity index (χ0n) is 17.2. The number of benzene rings is 1. The molecule has 0 bridgehead atoms. The van der Waals surface area contributed by atoms with Gasteiger partial charge in [-0.25, -0.2) is 9.67 Å². The van der Waals surface area contributed by atoms with Crippen molar-refractivity contribution < 1.29 is 22.7 Å². The summed E-state index contributed by atoms with van der Waals surface area (Å²) in [6, 6.07) is 4.19. The van der Waals surface area contributed by atoms with Crippen molar-refractivity contribution in [1.82, 2.24) is 19.7 Å². The summed E-state index contributed by atoms with van der Waals surface area (Å²) in [5.41, 5.74) is 0.763. The molecule has 2 aromatic heterocycles. The number of morpholine rings is 1. The van der Waals surface area contributed by atoms with Gasteiger partial charge in [0.25, 0.3) is 5.91 Å². The second kappa shape index (κ2) is 9.05. The Morgan fingerprint density at radius 2 is 1.88 bits per heavy atom. The first-order valence-corrected chi connectivity index (χ1v) is 10.4. The summed E-state index contributed by atoms with van der Waals surface area (Å²) in [6.07, 6.45) is -3.09. The number of nitrogens with zero attached hydrogens (tertiary/aromatic N) is 4. The van der Waals surface area contributed by atoms with E-state index in [9.17, 15) is 18.0 Å². The van der Waals surface area contributed by atoms with E-state index in [1.807, 2.05) is 0 Å². The van der Waals surface area contributed by atoms with E-state index < -0.39 is 17.6 Å². The van der Waals surface area contributed by atoms with E-state index >= 15 is 0 Å². The number of fused-ring (bicyclic) bond motifs is 1. The summed E-state index contributed by atoms with van der Waals surface area (Å²) in [6.45, 7) is 6.33. The molecule has 0 spiro atoms. The van der Waals surface area contributed by atoms with Crippen molar-refractivity contribution in [2.45, 2.75) is 19.6 Å². The molecule has 3 heterocycles. The highest BCUT2D eigenvalue weighted by Crippen LogP contribution is 2.31. The largest absolute Gasteiger partial charge is 0.416 e. The predicted molar refractivity (Wildman–Crippen MR) is 114 cm³/mol. The zero-order chi connectivity index (χ0) is 22.9. The number of hydrogen-bond acceptors (Lipinski definition) is 5. The Hall–Kier alpha value is -2.69. The van der Waals surface area contributed by atoms with E-state index in [0.29, 0.717) is 36.5 Å². The van der Waals surface area contributed by atoms with Gasteiger partial charge in [-0.2, -0.15) is 18.3 Å². The Kier molecular flexibility index (Phi) is 6.36. The number of nitrogens with one attached hydrogen (secondary N) is 1. The number of aryl methyl sites for hydroxylation is 1. The monoisotopic (exact) mass is 467 g/mol. The topological polar surface area (TPSA) is 72.3 Å². The number of aromatic nitrogens is 3. The van der Waals surface area contributed by atoms with Crippen molar-refractivity contribution in [3.8, 4) is 0 Å². The van der Waals surface area contributed by atoms with E-state index in [1.165, 1.54) is 18.3 Å². The second-order valence-corrected chi connectivity index (χ2v) is 7.85. The molecule has 0 unspecified atom stereocenters. The van der Waals surface area contributed by atoms with Crippen LogP contribution in [-0.2, 0) is 17.5 Å². The molecule has 1 N–H and O–H groups in total. The van der Waals surface area contributed by atoms with Crippen LogP contribution in [0.3, 0.4) is 0 Å². The molecule has 0 radical (unpaired) electrons. The number of carbonyl (C=O) groups excluding carboxylic acids is 1. The summed E-state index contributed by atoms with van der Waals surface area (Å²) >= 11 is 6.53. The summed E-state index contributed by atoms with van der Waals surface area (Å²) < 4.78 is 45.3. The number of alkyl halides is 3. The molecule has 7 nitrogen and oxygen atoms in total. The molecule has 11 heteroatoms. The third-order valence-electron chi connectivity index (χ3n) is 5.32. The van der Waals surface area contributed by atoms with Gasteiger partial charge in [0.05, 0.1) is 47.0 Å². The Morgan fingerprint density at radius 1 is 1.19 bits per heavy atom. The third kappa shape index (κ3) is 4.72. The van der Waals surface area contributed by atoms with Crippen molar-refractivity contribution in [2.75, 3.05) is 38.2 Å². The first-order chi connectivity index (χ1) is 15.2. The summed E-state index contributed by atoms with van der Waals surface area (Å²) in [7, 11) is 0. The second-order valence-electron chi connectivity index (χ2n) is 7.48. The van der Waals surface area contributed by atoms with Crippen molar-refractivity contribution in [3.05, 3.63) is 52.3 Å². The standard InChI is InChI=1S/C21H21ClF3N5O2/c1-13-17-18(22)16(20(31)27-15-4-2-14(3-5-15)21(23,24)25)12-26-19(17)30(28-13)7-6-29-8-10-32-11-9-29/h2-5,12H,6-11H2,1H3,(H,27,31). The third-order valence-corrected chi connectivity index (χ3v) is 5.71. The lowest BCUT2D eigenvalue weighted by molar-refractivity contribution is -0.137. The van der Waals surface area contributed by atoms with Crippen molar-refractivity contribution in [1.29, 1.82) is 0 Å². The highest BCUT2D eigenvalue weighted by molar-refractivity contribution is 6.39. The summed E-state index contributed by atoms with van der Waals surface area (Å²) in [5, 5.41) is 7.87. The maximum absolute atomic E-state index is 12.7. The number of anilines is 1. The first kappa shape index (κ1) is 22.5. The van der Waals surface area contributed by atoms with Crippen LogP contribution in [0.4, 0.5) is 18.9 Å². The van der Waals surface area contributed by atoms with Crippen LogP contribution in [-0.4, -0.2) is 58.4 Å². The lowest BCUT2D eigenvalue weighted by atomic mass is 10.1. The molecule has 1 aliphatic rings. The fraction of sp³-hybridized carbons (Fsp3) is 0.381. The van der Waals surface area contributed by atoms with Gasteiger partial charge in [0.1, 0.15) is 0 Å². The summed E-state index contributed by atoms with van der Waals surface area (Å²) in [4.78, 5) is 19.4. The van der Waals surface area contributed by atoms with Crippen molar-refractivity contribution >= 4 is 34.2 Å². The van der Waals surface area contributed by atoms with Crippen LogP contribution in [0.1, 0.15) is 21.6 Å². The Balaban J connectivity index is 1.52. The van der Waals surface area contributed by atoms with Gasteiger partial charge in [0.15, 0.2) is 5.65 Å². The molecule has 1 aliphatic heterocycles. The molecule has 1 fully saturated rings. The van der Waals surface area contributed by atoms with Gasteiger partial charge in [0.2, 0.25) is 0 Å². The summed E-state index contributed by atoms with van der Waals surface area (Å²) in [5.74, 6) is -0.565. The van der Waals surface area contributed by atoms with Gasteiger partial charge in [-0.05, 0) is 31.2 Å². The molecule has 3 aromatic rings. The van der Waals surface area contributed by atoms with E-state index in [-0.39, 0.29) is 16.3 Å². The number of halogens is 4. The van der Waals surface area contributed by atoms with Gasteiger partial charge in [0, 0.05) is 31.5 Å². The van der Waals surface area contributed by atoms with Crippen LogP contribution in [0.15, 0.2) is 30.5 Å². The van der Waals surface area contributed by atoms with E-state index in [4.69, 9.17) is 16.3 Å². The quantitative estimate of drug-likeness (QED) is 0.614. The van der Waals surface area contributed by atoms with Crippen molar-refractivity contribution in [3.63, 3.8) is 0 Å². The molecule has 170 valence electrons. The highest BCUT2D eigenvalue weighted by atomic mass is 35.5. The predicted octanol–water partition coefficient (Wildman–Crippen LogP) is 4.00. The maximum Gasteiger partial charge on any atom is 0.416 e. The number of rotatable bonds is 5. The number of amides is 1. The number of carbonyl (C=O) groups is 1. The molecular formula is C21H21ClF3N5O2. The molecule has 1 aromatic carbocycles. The highest BCUT2D eigenvalue weighted by Gasteiger charge is 2.30. The molecule has 1 amide bonds. The van der Waals surface area contributed by atoms with Crippen LogP contribution in [0.5, 0.6) is 0 Å². The smallest absolute Gasteiger partial charge is 0.379 e. The molecule has 0 aliphatic carbocycles. The van der Waals surface area contributed by atoms with Crippen LogP contribution < -0.4 is 5.32 Å². The fourth-order valence-electron chi connectivity index (χ4n) is 3.59. The Bertz CT molecular complexity index is 1130. The lowest BCUT2D eigenvalue weighted by Gasteiger charge is -2.26. The van der Waals surface area contributed by atoms with Gasteiger partial charge in [-0.15, -0.1) is 0 Å². The number of ether oxygens (including phenoxy) is 1. The van der Waals surface area contributed by atoms with Crippen LogP contribution >= 0.6 is 11.6 Å². The SMILES string of the molecule is Cc1nn(CCN2CCOCC2)c2ncc(C(=O)Nc3ccc(C(F)(F)F)cc3)c(Cl)c12. The molecule has 0 saturated carbocycles. The van der Waals surface area contributed by atoms with E-state index in [2.05, 4.69) is 20.3 Å². The van der Waals surface area contributed by atoms with E-state index in [0.717, 1.165) is 31.8 Å². The lowest BCUT2D eigenvalue weighted by Crippen LogP contribution is -2.38. The minimum atomic E-state index is -4.44. The fourth-order valence-corrected chi connectivity index (χ4v) is 3.95. The van der Waals surface area contributed by atoms with Gasteiger partial charge in [-0.1, -0.05) is 11.6 Å². The first-order valence-electron chi connectivity index (χ1n) is 10.0. The maximum atomic E-state index is 12.7. The molecule has 1 saturated heterocycles. The zero-order valence-corrected chi connectivity index (χ0v) is 18.0. The van der Waals surface area contributed by atoms with Crippen LogP contribution in [0, 0.1) is 6.92 Å². The normalized spacial score (nSPS) is 15.3. The van der Waals surface area contributed by atoms with E-state index in [1.54, 1.807) is 11.6 Å². The van der Waals surface area contributed by atoms with Gasteiger partial charge < -0.3 is 10.1 Å². The molecule has 32 heavy (non-hydrogen) atoms. The molecule has 0 atom stereocenters. The van der Waals surface area contributed by atoms with Gasteiger partial charge in [-0.3, -0.25) is 9.69 Å². The van der Waals surface area contributed by atoms with Crippen LogP contribution in [0.25, 0.3) is 11.0 Å². The van der Waals surface area contributed by atoms with Crippen molar-refractivity contribution in [2.24, 2.45) is 0 Å². The Labute approximate surface area is 187 Å². The van der Waals surface area contributed by atoms with Gasteiger partial charge >= 0.3 is 6.18 Å². The average Bonchev–Trinajstić information content (AvgIpc) is 3.09. The average molecular weight is 468 g/mol. The number of pyridine rings is 1. The van der Waals surface area contributed by atoms with Crippen LogP contribution in [0.2, 0.25) is 5.02 Å². The molecular weight excluding hydrogens is 447 g/mol. The minimum Gasteiger partial charge on any atom is -0.379 e.